The average molecular weight is 402 g/mol. The average Bonchev–Trinajstić information content (AvgIpc) is 2.67. The minimum atomic E-state index is -3.79. The Balaban J connectivity index is 1.49. The fraction of sp³-hybridized carbons (Fsp3) is 0.350. The van der Waals surface area contributed by atoms with Gasteiger partial charge in [0, 0.05) is 12.6 Å². The third-order valence-corrected chi connectivity index (χ3v) is 6.96. The van der Waals surface area contributed by atoms with Gasteiger partial charge >= 0.3 is 0 Å². The molecule has 8 heteroatoms. The van der Waals surface area contributed by atoms with Crippen molar-refractivity contribution < 1.29 is 22.7 Å². The van der Waals surface area contributed by atoms with Crippen LogP contribution in [-0.2, 0) is 14.8 Å². The van der Waals surface area contributed by atoms with E-state index >= 15 is 0 Å². The summed E-state index contributed by atoms with van der Waals surface area (Å²) in [6, 6.07) is 13.2. The van der Waals surface area contributed by atoms with Crippen LogP contribution in [0.5, 0.6) is 11.5 Å². The first kappa shape index (κ1) is 18.8. The van der Waals surface area contributed by atoms with Crippen LogP contribution in [0.1, 0.15) is 24.9 Å². The molecule has 1 N–H and O–H groups in total. The first-order valence-corrected chi connectivity index (χ1v) is 10.7. The smallest absolute Gasteiger partial charge is 0.243 e. The first-order chi connectivity index (χ1) is 13.5. The van der Waals surface area contributed by atoms with E-state index in [2.05, 4.69) is 5.32 Å². The van der Waals surface area contributed by atoms with Crippen molar-refractivity contribution in [2.24, 2.45) is 0 Å². The summed E-state index contributed by atoms with van der Waals surface area (Å²) in [7, 11) is -3.79. The molecule has 0 spiro atoms. The number of nitrogens with zero attached hydrogens (tertiary/aromatic N) is 1. The number of sulfonamides is 1. The van der Waals surface area contributed by atoms with Gasteiger partial charge in [0.2, 0.25) is 15.9 Å². The Morgan fingerprint density at radius 1 is 1.11 bits per heavy atom. The van der Waals surface area contributed by atoms with E-state index in [1.165, 1.54) is 16.4 Å². The van der Waals surface area contributed by atoms with Crippen LogP contribution in [-0.4, -0.2) is 44.4 Å². The molecule has 1 amide bonds. The molecular formula is C20H22N2O5S. The molecule has 2 aromatic rings. The Hall–Kier alpha value is -2.58. The van der Waals surface area contributed by atoms with E-state index < -0.39 is 16.1 Å². The number of carbonyl (C=O) groups is 1. The topological polar surface area (TPSA) is 84.9 Å². The van der Waals surface area contributed by atoms with Gasteiger partial charge in [-0.15, -0.1) is 0 Å². The number of amides is 1. The van der Waals surface area contributed by atoms with Gasteiger partial charge < -0.3 is 14.8 Å². The second-order valence-corrected chi connectivity index (χ2v) is 8.76. The molecule has 0 saturated carbocycles. The minimum absolute atomic E-state index is 0.102. The van der Waals surface area contributed by atoms with Gasteiger partial charge in [0.1, 0.15) is 19.3 Å². The molecule has 0 radical (unpaired) electrons. The number of benzene rings is 2. The normalized spacial score (nSPS) is 20.1. The van der Waals surface area contributed by atoms with Crippen molar-refractivity contribution in [3.63, 3.8) is 0 Å². The summed E-state index contributed by atoms with van der Waals surface area (Å²) in [5.74, 6) is 0.648. The predicted octanol–water partition coefficient (Wildman–Crippen LogP) is 2.10. The zero-order chi connectivity index (χ0) is 19.7. The van der Waals surface area contributed by atoms with Gasteiger partial charge in [-0.2, -0.15) is 4.31 Å². The minimum Gasteiger partial charge on any atom is -0.486 e. The molecule has 2 atom stereocenters. The number of hydrogen-bond donors (Lipinski definition) is 1. The third-order valence-electron chi connectivity index (χ3n) is 5.05. The fourth-order valence-electron chi connectivity index (χ4n) is 3.37. The van der Waals surface area contributed by atoms with E-state index in [1.54, 1.807) is 6.07 Å². The summed E-state index contributed by atoms with van der Waals surface area (Å²) in [6.07, 6.45) is 0.497. The summed E-state index contributed by atoms with van der Waals surface area (Å²) < 4.78 is 38.2. The standard InChI is InChI=1S/C20H22N2O5S/c1-14(15-5-3-2-4-6-15)21-20(23)17-9-10-22(17)28(24,25)16-7-8-18-19(13-16)27-12-11-26-18/h2-8,13-14,17H,9-12H2,1H3,(H,21,23). The molecule has 7 nitrogen and oxygen atoms in total. The summed E-state index contributed by atoms with van der Waals surface area (Å²) in [5.41, 5.74) is 0.969. The highest BCUT2D eigenvalue weighted by molar-refractivity contribution is 7.89. The van der Waals surface area contributed by atoms with E-state index in [0.717, 1.165) is 5.56 Å². The maximum atomic E-state index is 13.0. The summed E-state index contributed by atoms with van der Waals surface area (Å²) >= 11 is 0. The molecule has 148 valence electrons. The van der Waals surface area contributed by atoms with Crippen LogP contribution in [0.25, 0.3) is 0 Å². The molecule has 0 aromatic heterocycles. The van der Waals surface area contributed by atoms with Crippen molar-refractivity contribution in [3.8, 4) is 11.5 Å². The van der Waals surface area contributed by atoms with Crippen molar-refractivity contribution in [2.45, 2.75) is 30.3 Å². The fourth-order valence-corrected chi connectivity index (χ4v) is 5.02. The molecule has 0 bridgehead atoms. The maximum Gasteiger partial charge on any atom is 0.243 e. The first-order valence-electron chi connectivity index (χ1n) is 9.23. The van der Waals surface area contributed by atoms with E-state index in [-0.39, 0.29) is 16.8 Å². The second-order valence-electron chi connectivity index (χ2n) is 6.87. The quantitative estimate of drug-likeness (QED) is 0.828. The third kappa shape index (κ3) is 3.45. The maximum absolute atomic E-state index is 13.0. The van der Waals surface area contributed by atoms with Crippen LogP contribution in [0.2, 0.25) is 0 Å². The van der Waals surface area contributed by atoms with E-state index in [0.29, 0.717) is 37.7 Å². The van der Waals surface area contributed by atoms with Crippen molar-refractivity contribution in [1.29, 1.82) is 0 Å². The molecule has 2 heterocycles. The molecule has 2 aliphatic rings. The van der Waals surface area contributed by atoms with Crippen molar-refractivity contribution in [3.05, 3.63) is 54.1 Å². The summed E-state index contributed by atoms with van der Waals surface area (Å²) in [4.78, 5) is 12.8. The zero-order valence-corrected chi connectivity index (χ0v) is 16.3. The number of hydrogen-bond acceptors (Lipinski definition) is 5. The molecule has 1 fully saturated rings. The monoisotopic (exact) mass is 402 g/mol. The Morgan fingerprint density at radius 2 is 1.82 bits per heavy atom. The van der Waals surface area contributed by atoms with Gasteiger partial charge in [-0.25, -0.2) is 8.42 Å². The Kier molecular flexibility index (Phi) is 4.99. The largest absolute Gasteiger partial charge is 0.486 e. The Bertz CT molecular complexity index is 977. The van der Waals surface area contributed by atoms with Crippen LogP contribution >= 0.6 is 0 Å². The Labute approximate surface area is 164 Å². The van der Waals surface area contributed by atoms with Crippen LogP contribution < -0.4 is 14.8 Å². The Morgan fingerprint density at radius 3 is 2.50 bits per heavy atom. The zero-order valence-electron chi connectivity index (χ0n) is 15.5. The number of nitrogens with one attached hydrogen (secondary N) is 1. The van der Waals surface area contributed by atoms with Crippen LogP contribution in [0.3, 0.4) is 0 Å². The molecule has 4 rings (SSSR count). The highest BCUT2D eigenvalue weighted by Gasteiger charge is 2.43. The summed E-state index contributed by atoms with van der Waals surface area (Å²) in [5, 5.41) is 2.91. The van der Waals surface area contributed by atoms with Crippen molar-refractivity contribution in [2.75, 3.05) is 19.8 Å². The van der Waals surface area contributed by atoms with Gasteiger partial charge in [0.15, 0.2) is 11.5 Å². The lowest BCUT2D eigenvalue weighted by Gasteiger charge is -2.39. The predicted molar refractivity (Wildman–Crippen MR) is 103 cm³/mol. The van der Waals surface area contributed by atoms with Gasteiger partial charge in [-0.1, -0.05) is 30.3 Å². The molecule has 2 aliphatic heterocycles. The number of carbonyl (C=O) groups excluding carboxylic acids is 1. The molecule has 2 unspecified atom stereocenters. The molecule has 0 aliphatic carbocycles. The van der Waals surface area contributed by atoms with Crippen LogP contribution in [0.4, 0.5) is 0 Å². The number of ether oxygens (including phenoxy) is 2. The van der Waals surface area contributed by atoms with Crippen LogP contribution in [0, 0.1) is 0 Å². The second kappa shape index (κ2) is 7.44. The highest BCUT2D eigenvalue weighted by Crippen LogP contribution is 2.35. The highest BCUT2D eigenvalue weighted by atomic mass is 32.2. The van der Waals surface area contributed by atoms with Crippen molar-refractivity contribution in [1.82, 2.24) is 9.62 Å². The molecule has 2 aromatic carbocycles. The number of fused-ring (bicyclic) bond motifs is 1. The van der Waals surface area contributed by atoms with E-state index in [4.69, 9.17) is 9.47 Å². The SMILES string of the molecule is CC(NC(=O)C1CCN1S(=O)(=O)c1ccc2c(c1)OCCO2)c1ccccc1. The number of rotatable bonds is 5. The lowest BCUT2D eigenvalue weighted by atomic mass is 10.0. The van der Waals surface area contributed by atoms with Crippen molar-refractivity contribution >= 4 is 15.9 Å². The van der Waals surface area contributed by atoms with Gasteiger partial charge in [-0.05, 0) is 31.0 Å². The van der Waals surface area contributed by atoms with E-state index in [1.807, 2.05) is 37.3 Å². The molecule has 1 saturated heterocycles. The van der Waals surface area contributed by atoms with Gasteiger partial charge in [0.05, 0.1) is 10.9 Å². The molecule has 28 heavy (non-hydrogen) atoms. The van der Waals surface area contributed by atoms with Gasteiger partial charge in [-0.3, -0.25) is 4.79 Å². The van der Waals surface area contributed by atoms with Gasteiger partial charge in [0.25, 0.3) is 0 Å². The lowest BCUT2D eigenvalue weighted by molar-refractivity contribution is -0.128. The lowest BCUT2D eigenvalue weighted by Crippen LogP contribution is -2.58. The molecular weight excluding hydrogens is 380 g/mol. The van der Waals surface area contributed by atoms with E-state index in [9.17, 15) is 13.2 Å². The summed E-state index contributed by atoms with van der Waals surface area (Å²) in [6.45, 7) is 3.01. The van der Waals surface area contributed by atoms with Crippen LogP contribution in [0.15, 0.2) is 53.4 Å².